The Balaban J connectivity index is 1.95. The van der Waals surface area contributed by atoms with Gasteiger partial charge in [-0.3, -0.25) is 0 Å². The van der Waals surface area contributed by atoms with Crippen molar-refractivity contribution in [3.8, 4) is 0 Å². The normalized spacial score (nSPS) is 27.0. The highest BCUT2D eigenvalue weighted by molar-refractivity contribution is 9.10. The number of aromatic nitrogens is 2. The number of rotatable bonds is 1. The molecule has 0 amide bonds. The van der Waals surface area contributed by atoms with E-state index in [9.17, 15) is 0 Å². The fraction of sp³-hybridized carbons (Fsp3) is 0.833. The van der Waals surface area contributed by atoms with Gasteiger partial charge in [0.1, 0.15) is 0 Å². The van der Waals surface area contributed by atoms with Crippen molar-refractivity contribution in [1.82, 2.24) is 10.2 Å². The zero-order chi connectivity index (χ0) is 11.8. The first kappa shape index (κ1) is 12.1. The average molecular weight is 287 g/mol. The molecule has 1 aromatic rings. The standard InChI is InChI=1S/C12H19BrN2O/c1-12(2,3)9-6-4-8(5-7-9)10-14-15-11(13)16-10/h8-9H,4-7H2,1-3H3. The summed E-state index contributed by atoms with van der Waals surface area (Å²) in [5, 5.41) is 7.92. The molecule has 0 aliphatic heterocycles. The van der Waals surface area contributed by atoms with Gasteiger partial charge >= 0.3 is 0 Å². The third kappa shape index (κ3) is 2.65. The lowest BCUT2D eigenvalue weighted by molar-refractivity contribution is 0.161. The molecule has 1 aromatic heterocycles. The minimum atomic E-state index is 0.431. The minimum absolute atomic E-state index is 0.431. The molecule has 1 heterocycles. The maximum atomic E-state index is 5.44. The molecule has 0 unspecified atom stereocenters. The van der Waals surface area contributed by atoms with Crippen molar-refractivity contribution < 1.29 is 4.42 Å². The highest BCUT2D eigenvalue weighted by Crippen LogP contribution is 2.42. The second-order valence-electron chi connectivity index (χ2n) is 5.81. The molecule has 1 aliphatic rings. The van der Waals surface area contributed by atoms with Crippen LogP contribution in [0.2, 0.25) is 0 Å². The van der Waals surface area contributed by atoms with Gasteiger partial charge in [0.2, 0.25) is 5.89 Å². The fourth-order valence-electron chi connectivity index (χ4n) is 2.59. The third-order valence-corrected chi connectivity index (χ3v) is 4.04. The second kappa shape index (κ2) is 4.47. The van der Waals surface area contributed by atoms with Crippen molar-refractivity contribution in [2.45, 2.75) is 52.4 Å². The Hall–Kier alpha value is -0.380. The maximum Gasteiger partial charge on any atom is 0.284 e. The summed E-state index contributed by atoms with van der Waals surface area (Å²) in [5.74, 6) is 2.10. The monoisotopic (exact) mass is 286 g/mol. The minimum Gasteiger partial charge on any atom is -0.415 e. The zero-order valence-electron chi connectivity index (χ0n) is 10.2. The predicted octanol–water partition coefficient (Wildman–Crippen LogP) is 4.15. The Morgan fingerprint density at radius 2 is 1.75 bits per heavy atom. The van der Waals surface area contributed by atoms with Crippen LogP contribution in [-0.4, -0.2) is 10.2 Å². The highest BCUT2D eigenvalue weighted by Gasteiger charge is 2.32. The molecule has 1 saturated carbocycles. The molecule has 3 nitrogen and oxygen atoms in total. The van der Waals surface area contributed by atoms with Gasteiger partial charge in [0.15, 0.2) is 0 Å². The summed E-state index contributed by atoms with van der Waals surface area (Å²) in [4.78, 5) is 0.500. The lowest BCUT2D eigenvalue weighted by atomic mass is 9.70. The van der Waals surface area contributed by atoms with Gasteiger partial charge in [-0.15, -0.1) is 10.2 Å². The van der Waals surface area contributed by atoms with Gasteiger partial charge in [-0.2, -0.15) is 0 Å². The number of halogens is 1. The highest BCUT2D eigenvalue weighted by atomic mass is 79.9. The average Bonchev–Trinajstić information content (AvgIpc) is 2.64. The molecular formula is C12H19BrN2O. The summed E-state index contributed by atoms with van der Waals surface area (Å²) in [7, 11) is 0. The molecule has 0 N–H and O–H groups in total. The molecule has 90 valence electrons. The van der Waals surface area contributed by atoms with Gasteiger partial charge in [0, 0.05) is 21.8 Å². The first-order valence-electron chi connectivity index (χ1n) is 5.95. The van der Waals surface area contributed by atoms with E-state index in [-0.39, 0.29) is 0 Å². The van der Waals surface area contributed by atoms with Crippen LogP contribution in [0.1, 0.15) is 58.3 Å². The Morgan fingerprint density at radius 3 is 2.19 bits per heavy atom. The molecule has 0 bridgehead atoms. The van der Waals surface area contributed by atoms with Crippen LogP contribution >= 0.6 is 15.9 Å². The third-order valence-electron chi connectivity index (χ3n) is 3.72. The van der Waals surface area contributed by atoms with Crippen molar-refractivity contribution in [3.05, 3.63) is 10.7 Å². The number of nitrogens with zero attached hydrogens (tertiary/aromatic N) is 2. The first-order valence-corrected chi connectivity index (χ1v) is 6.75. The van der Waals surface area contributed by atoms with Gasteiger partial charge in [0.25, 0.3) is 4.80 Å². The predicted molar refractivity (Wildman–Crippen MR) is 66.2 cm³/mol. The van der Waals surface area contributed by atoms with E-state index in [1.807, 2.05) is 0 Å². The maximum absolute atomic E-state index is 5.44. The molecule has 0 aromatic carbocycles. The van der Waals surface area contributed by atoms with Crippen LogP contribution in [0.3, 0.4) is 0 Å². The SMILES string of the molecule is CC(C)(C)C1CCC(c2nnc(Br)o2)CC1. The number of hydrogen-bond acceptors (Lipinski definition) is 3. The molecule has 0 atom stereocenters. The van der Waals surface area contributed by atoms with Gasteiger partial charge < -0.3 is 4.42 Å². The lowest BCUT2D eigenvalue weighted by Gasteiger charge is -2.35. The summed E-state index contributed by atoms with van der Waals surface area (Å²) in [6.45, 7) is 7.00. The Morgan fingerprint density at radius 1 is 1.12 bits per heavy atom. The first-order chi connectivity index (χ1) is 7.47. The molecular weight excluding hydrogens is 268 g/mol. The van der Waals surface area contributed by atoms with Crippen molar-refractivity contribution >= 4 is 15.9 Å². The van der Waals surface area contributed by atoms with Gasteiger partial charge in [0.05, 0.1) is 0 Å². The summed E-state index contributed by atoms with van der Waals surface area (Å²) < 4.78 is 5.44. The van der Waals surface area contributed by atoms with E-state index in [0.29, 0.717) is 16.1 Å². The molecule has 1 aliphatic carbocycles. The lowest BCUT2D eigenvalue weighted by Crippen LogP contribution is -2.25. The summed E-state index contributed by atoms with van der Waals surface area (Å²) >= 11 is 3.20. The van der Waals surface area contributed by atoms with Crippen LogP contribution in [0.25, 0.3) is 0 Å². The van der Waals surface area contributed by atoms with Crippen molar-refractivity contribution in [3.63, 3.8) is 0 Å². The Labute approximate surface area is 105 Å². The summed E-state index contributed by atoms with van der Waals surface area (Å²) in [5.41, 5.74) is 0.431. The van der Waals surface area contributed by atoms with E-state index in [1.54, 1.807) is 0 Å². The van der Waals surface area contributed by atoms with Crippen LogP contribution in [0, 0.1) is 11.3 Å². The van der Waals surface area contributed by atoms with E-state index in [0.717, 1.165) is 11.8 Å². The molecule has 0 spiro atoms. The Bertz CT molecular complexity index is 348. The van der Waals surface area contributed by atoms with E-state index in [4.69, 9.17) is 4.42 Å². The van der Waals surface area contributed by atoms with E-state index < -0.39 is 0 Å². The molecule has 0 radical (unpaired) electrons. The molecule has 1 fully saturated rings. The van der Waals surface area contributed by atoms with Crippen LogP contribution in [0.15, 0.2) is 9.22 Å². The van der Waals surface area contributed by atoms with Gasteiger partial charge in [-0.1, -0.05) is 20.8 Å². The van der Waals surface area contributed by atoms with Crippen LogP contribution in [0.5, 0.6) is 0 Å². The van der Waals surface area contributed by atoms with Crippen molar-refractivity contribution in [2.24, 2.45) is 11.3 Å². The van der Waals surface area contributed by atoms with Crippen LogP contribution < -0.4 is 0 Å². The van der Waals surface area contributed by atoms with Gasteiger partial charge in [-0.25, -0.2) is 0 Å². The van der Waals surface area contributed by atoms with E-state index in [1.165, 1.54) is 25.7 Å². The van der Waals surface area contributed by atoms with Gasteiger partial charge in [-0.05, 0) is 37.0 Å². The van der Waals surface area contributed by atoms with Crippen molar-refractivity contribution in [2.75, 3.05) is 0 Å². The topological polar surface area (TPSA) is 38.9 Å². The Kier molecular flexibility index (Phi) is 3.38. The van der Waals surface area contributed by atoms with Crippen LogP contribution in [-0.2, 0) is 0 Å². The zero-order valence-corrected chi connectivity index (χ0v) is 11.7. The summed E-state index contributed by atoms with van der Waals surface area (Å²) in [6, 6.07) is 0. The molecule has 0 saturated heterocycles. The quantitative estimate of drug-likeness (QED) is 0.778. The second-order valence-corrected chi connectivity index (χ2v) is 6.49. The smallest absolute Gasteiger partial charge is 0.284 e. The van der Waals surface area contributed by atoms with E-state index >= 15 is 0 Å². The fourth-order valence-corrected chi connectivity index (χ4v) is 2.83. The van der Waals surface area contributed by atoms with Crippen molar-refractivity contribution in [1.29, 1.82) is 0 Å². The molecule has 4 heteroatoms. The largest absolute Gasteiger partial charge is 0.415 e. The van der Waals surface area contributed by atoms with E-state index in [2.05, 4.69) is 46.9 Å². The summed E-state index contributed by atoms with van der Waals surface area (Å²) in [6.07, 6.45) is 4.90. The number of hydrogen-bond donors (Lipinski definition) is 0. The van der Waals surface area contributed by atoms with Crippen LogP contribution in [0.4, 0.5) is 0 Å². The molecule has 16 heavy (non-hydrogen) atoms. The molecule has 2 rings (SSSR count).